The van der Waals surface area contributed by atoms with Crippen LogP contribution in [-0.2, 0) is 16.0 Å². The van der Waals surface area contributed by atoms with Gasteiger partial charge in [0, 0.05) is 48.6 Å². The number of nitrogens with zero attached hydrogens (tertiary/aromatic N) is 1. The van der Waals surface area contributed by atoms with Gasteiger partial charge in [0.05, 0.1) is 0 Å². The SMILES string of the molecule is CN(C)c1c2c(cc3ccccc13)C(=O)C1=C(O)[C@]3(O)C(=O)C(C(N)=O)=C(O)C[C@@H]3CC1C2. The van der Waals surface area contributed by atoms with E-state index in [0.29, 0.717) is 12.0 Å². The lowest BCUT2D eigenvalue weighted by Gasteiger charge is -2.45. The molecule has 5 rings (SSSR count). The number of nitrogens with two attached hydrogens (primary N) is 1. The number of hydrogen-bond donors (Lipinski definition) is 4. The van der Waals surface area contributed by atoms with Crippen LogP contribution in [-0.4, -0.2) is 52.5 Å². The van der Waals surface area contributed by atoms with E-state index in [2.05, 4.69) is 0 Å². The van der Waals surface area contributed by atoms with Crippen LogP contribution in [0.3, 0.4) is 0 Å². The summed E-state index contributed by atoms with van der Waals surface area (Å²) < 4.78 is 0. The van der Waals surface area contributed by atoms with Gasteiger partial charge in [-0.05, 0) is 35.8 Å². The van der Waals surface area contributed by atoms with Gasteiger partial charge in [0.1, 0.15) is 17.1 Å². The Kier molecular flexibility index (Phi) is 4.45. The van der Waals surface area contributed by atoms with Crippen molar-refractivity contribution < 1.29 is 29.7 Å². The number of fused-ring (bicyclic) bond motifs is 4. The van der Waals surface area contributed by atoms with E-state index in [1.165, 1.54) is 0 Å². The quantitative estimate of drug-likeness (QED) is 0.516. The lowest BCUT2D eigenvalue weighted by atomic mass is 9.60. The van der Waals surface area contributed by atoms with Crippen LogP contribution in [0, 0.1) is 11.8 Å². The zero-order valence-electron chi connectivity index (χ0n) is 18.3. The van der Waals surface area contributed by atoms with Crippen LogP contribution in [0.1, 0.15) is 28.8 Å². The van der Waals surface area contributed by atoms with Crippen molar-refractivity contribution in [1.82, 2.24) is 0 Å². The van der Waals surface area contributed by atoms with Crippen molar-refractivity contribution in [2.75, 3.05) is 19.0 Å². The first-order valence-corrected chi connectivity index (χ1v) is 10.8. The van der Waals surface area contributed by atoms with E-state index in [9.17, 15) is 29.7 Å². The van der Waals surface area contributed by atoms with Gasteiger partial charge in [0.25, 0.3) is 5.91 Å². The highest BCUT2D eigenvalue weighted by Crippen LogP contribution is 2.52. The summed E-state index contributed by atoms with van der Waals surface area (Å²) in [6.45, 7) is 0. The third kappa shape index (κ3) is 2.70. The summed E-state index contributed by atoms with van der Waals surface area (Å²) in [6.07, 6.45) is 0.406. The number of aliphatic hydroxyl groups excluding tert-OH is 2. The predicted octanol–water partition coefficient (Wildman–Crippen LogP) is 2.09. The first kappa shape index (κ1) is 21.2. The van der Waals surface area contributed by atoms with Gasteiger partial charge >= 0.3 is 0 Å². The molecular formula is C25H24N2O6. The molecular weight excluding hydrogens is 424 g/mol. The molecule has 3 atom stereocenters. The zero-order chi connectivity index (χ0) is 23.8. The second-order valence-electron chi connectivity index (χ2n) is 9.28. The Morgan fingerprint density at radius 3 is 2.52 bits per heavy atom. The van der Waals surface area contributed by atoms with Crippen molar-refractivity contribution in [3.63, 3.8) is 0 Å². The fourth-order valence-electron chi connectivity index (χ4n) is 5.82. The van der Waals surface area contributed by atoms with Crippen LogP contribution in [0.2, 0.25) is 0 Å². The number of rotatable bonds is 2. The standard InChI is InChI=1S/C25H24N2O6/c1-27(2)20-14-6-4-3-5-11(14)8-16-15(20)9-12-7-13-10-17(28)19(24(26)32)23(31)25(13,33)22(30)18(12)21(16)29/h3-6,8,12-13,28,30,33H,7,9-10H2,1-2H3,(H2,26,32)/t12?,13-,25-/m0/s1. The van der Waals surface area contributed by atoms with Crippen LogP contribution < -0.4 is 10.6 Å². The summed E-state index contributed by atoms with van der Waals surface area (Å²) in [7, 11) is 3.81. The Balaban J connectivity index is 1.73. The van der Waals surface area contributed by atoms with Crippen molar-refractivity contribution >= 4 is 33.9 Å². The second kappa shape index (κ2) is 6.92. The van der Waals surface area contributed by atoms with Crippen molar-refractivity contribution in [2.45, 2.75) is 24.9 Å². The molecule has 0 saturated carbocycles. The number of hydrogen-bond acceptors (Lipinski definition) is 7. The van der Waals surface area contributed by atoms with E-state index < -0.39 is 52.0 Å². The Hall–Kier alpha value is -3.65. The fourth-order valence-corrected chi connectivity index (χ4v) is 5.82. The van der Waals surface area contributed by atoms with Gasteiger partial charge in [-0.25, -0.2) is 0 Å². The van der Waals surface area contributed by atoms with E-state index in [0.717, 1.165) is 22.0 Å². The molecule has 5 N–H and O–H groups in total. The van der Waals surface area contributed by atoms with Crippen LogP contribution in [0.15, 0.2) is 53.0 Å². The topological polar surface area (TPSA) is 141 Å². The van der Waals surface area contributed by atoms with Gasteiger partial charge in [0.15, 0.2) is 11.4 Å². The molecule has 0 fully saturated rings. The smallest absolute Gasteiger partial charge is 0.255 e. The molecule has 8 heteroatoms. The van der Waals surface area contributed by atoms with E-state index in [1.807, 2.05) is 43.3 Å². The summed E-state index contributed by atoms with van der Waals surface area (Å²) in [6, 6.07) is 9.48. The number of aliphatic hydroxyl groups is 3. The average molecular weight is 448 g/mol. The summed E-state index contributed by atoms with van der Waals surface area (Å²) in [4.78, 5) is 40.4. The monoisotopic (exact) mass is 448 g/mol. The third-order valence-corrected chi connectivity index (χ3v) is 7.25. The molecule has 0 spiro atoms. The minimum Gasteiger partial charge on any atom is -0.511 e. The molecule has 0 heterocycles. The second-order valence-corrected chi connectivity index (χ2v) is 9.28. The molecule has 3 aliphatic rings. The number of ketones is 2. The first-order valence-electron chi connectivity index (χ1n) is 10.8. The van der Waals surface area contributed by atoms with Gasteiger partial charge in [0.2, 0.25) is 5.78 Å². The lowest BCUT2D eigenvalue weighted by molar-refractivity contribution is -0.144. The zero-order valence-corrected chi connectivity index (χ0v) is 18.3. The molecule has 2 aromatic carbocycles. The van der Waals surface area contributed by atoms with E-state index in [-0.39, 0.29) is 18.4 Å². The molecule has 33 heavy (non-hydrogen) atoms. The number of allylic oxidation sites excluding steroid dienone is 2. The van der Waals surface area contributed by atoms with Crippen molar-refractivity contribution in [1.29, 1.82) is 0 Å². The third-order valence-electron chi connectivity index (χ3n) is 7.25. The average Bonchev–Trinajstić information content (AvgIpc) is 2.74. The molecule has 3 aliphatic carbocycles. The molecule has 1 unspecified atom stereocenters. The van der Waals surface area contributed by atoms with Crippen molar-refractivity contribution in [3.8, 4) is 0 Å². The maximum Gasteiger partial charge on any atom is 0.255 e. The number of anilines is 1. The van der Waals surface area contributed by atoms with Gasteiger partial charge < -0.3 is 26.0 Å². The number of benzene rings is 2. The highest BCUT2D eigenvalue weighted by molar-refractivity contribution is 6.24. The molecule has 1 amide bonds. The molecule has 2 aromatic rings. The highest BCUT2D eigenvalue weighted by Gasteiger charge is 2.59. The molecule has 170 valence electrons. The van der Waals surface area contributed by atoms with E-state index in [1.54, 1.807) is 6.07 Å². The van der Waals surface area contributed by atoms with Crippen LogP contribution in [0.4, 0.5) is 5.69 Å². The summed E-state index contributed by atoms with van der Waals surface area (Å²) in [5, 5.41) is 34.6. The molecule has 0 aromatic heterocycles. The Morgan fingerprint density at radius 2 is 1.85 bits per heavy atom. The molecule has 8 nitrogen and oxygen atoms in total. The van der Waals surface area contributed by atoms with Gasteiger partial charge in [-0.1, -0.05) is 24.3 Å². The van der Waals surface area contributed by atoms with Crippen LogP contribution in [0.5, 0.6) is 0 Å². The number of carbonyl (C=O) groups is 3. The highest BCUT2D eigenvalue weighted by atomic mass is 16.3. The molecule has 0 saturated heterocycles. The number of amides is 1. The van der Waals surface area contributed by atoms with E-state index in [4.69, 9.17) is 5.73 Å². The first-order chi connectivity index (χ1) is 15.6. The van der Waals surface area contributed by atoms with Gasteiger partial charge in [-0.3, -0.25) is 14.4 Å². The normalized spacial score (nSPS) is 26.8. The summed E-state index contributed by atoms with van der Waals surface area (Å²) >= 11 is 0. The number of Topliss-reactive ketones (excluding diaryl/α,β-unsaturated/α-hetero) is 2. The molecule has 0 bridgehead atoms. The Labute approximate surface area is 189 Å². The molecule has 0 radical (unpaired) electrons. The minimum atomic E-state index is -2.48. The summed E-state index contributed by atoms with van der Waals surface area (Å²) in [5.74, 6) is -5.39. The van der Waals surface area contributed by atoms with E-state index >= 15 is 0 Å². The number of carbonyl (C=O) groups excluding carboxylic acids is 3. The molecule has 0 aliphatic heterocycles. The maximum absolute atomic E-state index is 13.7. The fraction of sp³-hybridized carbons (Fsp3) is 0.320. The lowest BCUT2D eigenvalue weighted by Crippen LogP contribution is -2.57. The van der Waals surface area contributed by atoms with Crippen molar-refractivity contribution in [3.05, 3.63) is 64.1 Å². The minimum absolute atomic E-state index is 0.0141. The van der Waals surface area contributed by atoms with Crippen LogP contribution >= 0.6 is 0 Å². The Morgan fingerprint density at radius 1 is 1.15 bits per heavy atom. The van der Waals surface area contributed by atoms with Gasteiger partial charge in [-0.2, -0.15) is 0 Å². The van der Waals surface area contributed by atoms with Gasteiger partial charge in [-0.15, -0.1) is 0 Å². The van der Waals surface area contributed by atoms with Crippen molar-refractivity contribution in [2.24, 2.45) is 17.6 Å². The predicted molar refractivity (Wildman–Crippen MR) is 121 cm³/mol. The largest absolute Gasteiger partial charge is 0.511 e. The van der Waals surface area contributed by atoms with Crippen LogP contribution in [0.25, 0.3) is 10.8 Å². The number of primary amides is 1. The maximum atomic E-state index is 13.7. The summed E-state index contributed by atoms with van der Waals surface area (Å²) in [5.41, 5.74) is 4.18. The Bertz CT molecular complexity index is 1340.